The van der Waals surface area contributed by atoms with Crippen molar-refractivity contribution < 1.29 is 0 Å². The normalized spacial score (nSPS) is 11.6. The van der Waals surface area contributed by atoms with Crippen molar-refractivity contribution in [3.63, 3.8) is 0 Å². The first kappa shape index (κ1) is 20.0. The van der Waals surface area contributed by atoms with Crippen molar-refractivity contribution in [3.05, 3.63) is 39.1 Å². The number of fused-ring (bicyclic) bond motifs is 1. The van der Waals surface area contributed by atoms with E-state index in [9.17, 15) is 4.79 Å². The van der Waals surface area contributed by atoms with E-state index in [1.165, 1.54) is 0 Å². The topological polar surface area (TPSA) is 68.3 Å². The van der Waals surface area contributed by atoms with E-state index in [0.717, 1.165) is 41.1 Å². The zero-order valence-electron chi connectivity index (χ0n) is 18.2. The van der Waals surface area contributed by atoms with Crippen molar-refractivity contribution in [2.45, 2.75) is 53.4 Å². The van der Waals surface area contributed by atoms with Crippen LogP contribution in [0.3, 0.4) is 0 Å². The molecule has 0 aliphatic carbocycles. The minimum Gasteiger partial charge on any atom is -0.347 e. The predicted octanol–water partition coefficient (Wildman–Crippen LogP) is 3.38. The average molecular weight is 383 g/mol. The molecule has 3 aromatic heterocycles. The Kier molecular flexibility index (Phi) is 5.28. The van der Waals surface area contributed by atoms with Crippen LogP contribution >= 0.6 is 0 Å². The molecule has 0 bridgehead atoms. The van der Waals surface area contributed by atoms with Gasteiger partial charge in [0.2, 0.25) is 5.95 Å². The molecule has 150 valence electrons. The van der Waals surface area contributed by atoms with Gasteiger partial charge in [0.15, 0.2) is 5.82 Å². The first-order chi connectivity index (χ1) is 13.2. The highest BCUT2D eigenvalue weighted by molar-refractivity contribution is 5.65. The quantitative estimate of drug-likeness (QED) is 0.677. The molecule has 3 heterocycles. The molecular weight excluding hydrogens is 352 g/mol. The number of aryl methyl sites for hydroxylation is 3. The van der Waals surface area contributed by atoms with Gasteiger partial charge in [0.1, 0.15) is 5.52 Å². The van der Waals surface area contributed by atoms with E-state index in [1.54, 1.807) is 16.1 Å². The summed E-state index contributed by atoms with van der Waals surface area (Å²) in [6, 6.07) is 2.11. The monoisotopic (exact) mass is 382 g/mol. The van der Waals surface area contributed by atoms with Gasteiger partial charge in [-0.15, -0.1) is 5.10 Å². The molecule has 0 aromatic carbocycles. The Hall–Kier alpha value is -2.70. The number of hydrogen-bond donors (Lipinski definition) is 0. The third-order valence-corrected chi connectivity index (χ3v) is 5.51. The van der Waals surface area contributed by atoms with Gasteiger partial charge in [0.05, 0.1) is 17.0 Å². The second kappa shape index (κ2) is 7.37. The molecule has 0 aliphatic rings. The predicted molar refractivity (Wildman–Crippen MR) is 113 cm³/mol. The van der Waals surface area contributed by atoms with Crippen LogP contribution in [0.2, 0.25) is 0 Å². The van der Waals surface area contributed by atoms with Crippen molar-refractivity contribution in [3.8, 4) is 11.4 Å². The van der Waals surface area contributed by atoms with Crippen LogP contribution in [0.4, 0.5) is 5.95 Å². The highest BCUT2D eigenvalue weighted by Gasteiger charge is 2.22. The van der Waals surface area contributed by atoms with Crippen molar-refractivity contribution in [1.29, 1.82) is 0 Å². The maximum Gasteiger partial charge on any atom is 0.278 e. The van der Waals surface area contributed by atoms with Crippen LogP contribution in [-0.2, 0) is 7.05 Å². The average Bonchev–Trinajstić information content (AvgIpc) is 2.96. The van der Waals surface area contributed by atoms with Crippen molar-refractivity contribution in [2.75, 3.05) is 19.0 Å². The molecule has 7 heteroatoms. The molecule has 0 N–H and O–H groups in total. The Morgan fingerprint density at radius 1 is 1.07 bits per heavy atom. The van der Waals surface area contributed by atoms with Crippen molar-refractivity contribution in [2.24, 2.45) is 7.05 Å². The summed E-state index contributed by atoms with van der Waals surface area (Å²) in [5.74, 6) is 1.60. The molecular formula is C21H30N6O. The molecule has 0 fully saturated rings. The zero-order valence-corrected chi connectivity index (χ0v) is 18.2. The molecule has 0 radical (unpaired) electrons. The highest BCUT2D eigenvalue weighted by atomic mass is 16.1. The minimum absolute atomic E-state index is 0.0320. The zero-order chi connectivity index (χ0) is 20.7. The van der Waals surface area contributed by atoms with E-state index in [0.29, 0.717) is 23.2 Å². The summed E-state index contributed by atoms with van der Waals surface area (Å²) in [5.41, 5.74) is 5.14. The Labute approximate surface area is 166 Å². The summed E-state index contributed by atoms with van der Waals surface area (Å²) in [4.78, 5) is 24.4. The Balaban J connectivity index is 2.33. The second-order valence-electron chi connectivity index (χ2n) is 7.67. The first-order valence-corrected chi connectivity index (χ1v) is 9.83. The van der Waals surface area contributed by atoms with Gasteiger partial charge >= 0.3 is 0 Å². The number of nitrogens with zero attached hydrogens (tertiary/aromatic N) is 6. The fraction of sp³-hybridized carbons (Fsp3) is 0.524. The molecule has 3 rings (SSSR count). The van der Waals surface area contributed by atoms with Crippen LogP contribution in [0.5, 0.6) is 0 Å². The maximum atomic E-state index is 13.3. The molecule has 3 aromatic rings. The van der Waals surface area contributed by atoms with Gasteiger partial charge in [-0.3, -0.25) is 9.36 Å². The Morgan fingerprint density at radius 3 is 2.14 bits per heavy atom. The molecule has 7 nitrogen and oxygen atoms in total. The van der Waals surface area contributed by atoms with Gasteiger partial charge in [-0.2, -0.15) is 0 Å². The third kappa shape index (κ3) is 3.08. The van der Waals surface area contributed by atoms with Crippen LogP contribution < -0.4 is 10.5 Å². The van der Waals surface area contributed by atoms with E-state index < -0.39 is 0 Å². The lowest BCUT2D eigenvalue weighted by Crippen LogP contribution is -2.25. The Morgan fingerprint density at radius 2 is 1.64 bits per heavy atom. The van der Waals surface area contributed by atoms with E-state index in [2.05, 4.69) is 29.9 Å². The lowest BCUT2D eigenvalue weighted by molar-refractivity contribution is 0.644. The van der Waals surface area contributed by atoms with Gasteiger partial charge in [-0.25, -0.2) is 14.5 Å². The van der Waals surface area contributed by atoms with Crippen molar-refractivity contribution >= 4 is 11.5 Å². The van der Waals surface area contributed by atoms with Crippen LogP contribution in [0.1, 0.15) is 55.3 Å². The summed E-state index contributed by atoms with van der Waals surface area (Å²) in [6.07, 6.45) is 2.00. The van der Waals surface area contributed by atoms with Crippen LogP contribution in [0, 0.1) is 20.8 Å². The second-order valence-corrected chi connectivity index (χ2v) is 7.67. The molecule has 0 spiro atoms. The van der Waals surface area contributed by atoms with Crippen LogP contribution in [0.25, 0.3) is 16.9 Å². The van der Waals surface area contributed by atoms with Gasteiger partial charge in [-0.1, -0.05) is 13.8 Å². The fourth-order valence-corrected chi connectivity index (χ4v) is 3.89. The van der Waals surface area contributed by atoms with Crippen LogP contribution in [-0.4, -0.2) is 38.2 Å². The summed E-state index contributed by atoms with van der Waals surface area (Å²) in [6.45, 7) is 10.2. The molecule has 0 saturated heterocycles. The summed E-state index contributed by atoms with van der Waals surface area (Å²) < 4.78 is 3.43. The largest absolute Gasteiger partial charge is 0.347 e. The molecule has 28 heavy (non-hydrogen) atoms. The summed E-state index contributed by atoms with van der Waals surface area (Å²) in [7, 11) is 5.61. The van der Waals surface area contributed by atoms with Crippen molar-refractivity contribution in [1.82, 2.24) is 24.1 Å². The Bertz CT molecular complexity index is 1070. The van der Waals surface area contributed by atoms with E-state index in [-0.39, 0.29) is 5.56 Å². The minimum atomic E-state index is -0.0320. The highest BCUT2D eigenvalue weighted by Crippen LogP contribution is 2.29. The third-order valence-electron chi connectivity index (χ3n) is 5.51. The molecule has 0 amide bonds. The number of hydrogen-bond acceptors (Lipinski definition) is 5. The lowest BCUT2D eigenvalue weighted by Gasteiger charge is -2.17. The number of anilines is 1. The lowest BCUT2D eigenvalue weighted by atomic mass is 9.95. The van der Waals surface area contributed by atoms with Gasteiger partial charge < -0.3 is 4.90 Å². The summed E-state index contributed by atoms with van der Waals surface area (Å²) in [5, 5.41) is 4.86. The maximum absolute atomic E-state index is 13.3. The first-order valence-electron chi connectivity index (χ1n) is 9.83. The van der Waals surface area contributed by atoms with E-state index >= 15 is 0 Å². The molecule has 0 atom stereocenters. The SMILES string of the molecule is CCC(CC)c1cc(C)n2nc(-c3c(C)nc(N(C)C)nc3C)n(C)c(=O)c12. The van der Waals surface area contributed by atoms with Gasteiger partial charge in [0.25, 0.3) is 5.56 Å². The summed E-state index contributed by atoms with van der Waals surface area (Å²) >= 11 is 0. The number of rotatable bonds is 5. The van der Waals surface area contributed by atoms with E-state index in [4.69, 9.17) is 5.10 Å². The van der Waals surface area contributed by atoms with E-state index in [1.807, 2.05) is 39.8 Å². The smallest absolute Gasteiger partial charge is 0.278 e. The van der Waals surface area contributed by atoms with Crippen LogP contribution in [0.15, 0.2) is 10.9 Å². The number of aromatic nitrogens is 5. The fourth-order valence-electron chi connectivity index (χ4n) is 3.89. The molecule has 0 aliphatic heterocycles. The van der Waals surface area contributed by atoms with Gasteiger partial charge in [0, 0.05) is 26.8 Å². The molecule has 0 saturated carbocycles. The standard InChI is InChI=1S/C21H30N6O/c1-9-15(10-2)16-11-12(3)27-18(16)20(28)26(8)19(24-27)17-13(4)22-21(25(6)7)23-14(17)5/h11,15H,9-10H2,1-8H3. The van der Waals surface area contributed by atoms with Gasteiger partial charge in [-0.05, 0) is 51.2 Å². The molecule has 0 unspecified atom stereocenters.